The van der Waals surface area contributed by atoms with E-state index in [1.54, 1.807) is 6.07 Å². The predicted molar refractivity (Wildman–Crippen MR) is 110 cm³/mol. The summed E-state index contributed by atoms with van der Waals surface area (Å²) < 4.78 is 6.87. The van der Waals surface area contributed by atoms with Crippen molar-refractivity contribution in [3.05, 3.63) is 64.7 Å². The van der Waals surface area contributed by atoms with Gasteiger partial charge < -0.3 is 14.7 Å². The van der Waals surface area contributed by atoms with Gasteiger partial charge in [-0.15, -0.1) is 10.2 Å². The van der Waals surface area contributed by atoms with Gasteiger partial charge in [-0.2, -0.15) is 5.10 Å². The summed E-state index contributed by atoms with van der Waals surface area (Å²) in [6, 6.07) is 10.8. The molecule has 4 rings (SSSR count). The van der Waals surface area contributed by atoms with Crippen molar-refractivity contribution in [2.75, 3.05) is 12.3 Å². The molecule has 4 aromatic rings. The van der Waals surface area contributed by atoms with Crippen LogP contribution >= 0.6 is 11.8 Å². The summed E-state index contributed by atoms with van der Waals surface area (Å²) in [6.45, 7) is 0.617. The monoisotopic (exact) mass is 425 g/mol. The largest absolute Gasteiger partial charge is 0.416 e. The average molecular weight is 425 g/mol. The third kappa shape index (κ3) is 5.11. The number of carbonyl (C=O) groups is 1. The van der Waals surface area contributed by atoms with Crippen LogP contribution in [0.4, 0.5) is 0 Å². The number of rotatable bonds is 9. The van der Waals surface area contributed by atoms with Gasteiger partial charge in [0.2, 0.25) is 11.8 Å². The maximum atomic E-state index is 12.0. The molecule has 10 nitrogen and oxygen atoms in total. The van der Waals surface area contributed by atoms with Gasteiger partial charge in [0, 0.05) is 31.6 Å². The van der Waals surface area contributed by atoms with E-state index in [0.717, 1.165) is 28.6 Å². The molecule has 1 aromatic carbocycles. The van der Waals surface area contributed by atoms with Gasteiger partial charge in [0.05, 0.1) is 23.3 Å². The minimum atomic E-state index is -0.206. The number of aromatic amines is 1. The molecule has 11 heteroatoms. The Bertz CT molecular complexity index is 1170. The highest BCUT2D eigenvalue weighted by Gasteiger charge is 2.11. The Labute approximate surface area is 175 Å². The van der Waals surface area contributed by atoms with E-state index in [0.29, 0.717) is 37.0 Å². The molecule has 0 bridgehead atoms. The number of fused-ring (bicyclic) bond motifs is 1. The molecule has 1 amide bonds. The maximum Gasteiger partial charge on any atom is 0.277 e. The van der Waals surface area contributed by atoms with E-state index in [1.165, 1.54) is 16.9 Å². The zero-order chi connectivity index (χ0) is 20.8. The molecule has 0 radical (unpaired) electrons. The quantitative estimate of drug-likeness (QED) is 0.382. The number of para-hydroxylation sites is 2. The number of amides is 1. The standard InChI is InChI=1S/C19H19N7O3S/c27-16(20-10-11-26-18(28)6-3-9-21-26)12-30-19-25-24-17(29-19)8-7-15-22-13-4-1-2-5-14(13)23-15/h1-6,9H,7-8,10-12H2,(H,20,27)(H,22,23). The van der Waals surface area contributed by atoms with Gasteiger partial charge in [0.25, 0.3) is 10.8 Å². The fourth-order valence-electron chi connectivity index (χ4n) is 2.78. The van der Waals surface area contributed by atoms with E-state index in [2.05, 4.69) is 30.6 Å². The fourth-order valence-corrected chi connectivity index (χ4v) is 3.39. The van der Waals surface area contributed by atoms with Gasteiger partial charge in [-0.1, -0.05) is 23.9 Å². The Balaban J connectivity index is 1.20. The van der Waals surface area contributed by atoms with Crippen LogP contribution in [0.5, 0.6) is 0 Å². The smallest absolute Gasteiger partial charge is 0.277 e. The molecular formula is C19H19N7O3S. The molecule has 154 valence electrons. The lowest BCUT2D eigenvalue weighted by atomic mass is 10.3. The Morgan fingerprint density at radius 3 is 2.93 bits per heavy atom. The lowest BCUT2D eigenvalue weighted by molar-refractivity contribution is -0.118. The van der Waals surface area contributed by atoms with Crippen LogP contribution in [0.2, 0.25) is 0 Å². The zero-order valence-electron chi connectivity index (χ0n) is 15.9. The summed E-state index contributed by atoms with van der Waals surface area (Å²) in [7, 11) is 0. The number of hydrogen-bond donors (Lipinski definition) is 2. The number of hydrogen-bond acceptors (Lipinski definition) is 8. The first kappa shape index (κ1) is 19.8. The van der Waals surface area contributed by atoms with E-state index < -0.39 is 0 Å². The van der Waals surface area contributed by atoms with Gasteiger partial charge in [-0.05, 0) is 18.2 Å². The van der Waals surface area contributed by atoms with Crippen LogP contribution in [-0.4, -0.2) is 48.2 Å². The number of aromatic nitrogens is 6. The number of aryl methyl sites for hydroxylation is 2. The van der Waals surface area contributed by atoms with Crippen molar-refractivity contribution < 1.29 is 9.21 Å². The van der Waals surface area contributed by atoms with Gasteiger partial charge in [0.15, 0.2) is 0 Å². The third-order valence-electron chi connectivity index (χ3n) is 4.22. The van der Waals surface area contributed by atoms with E-state index in [4.69, 9.17) is 4.42 Å². The summed E-state index contributed by atoms with van der Waals surface area (Å²) in [6.07, 6.45) is 2.73. The maximum absolute atomic E-state index is 12.0. The van der Waals surface area contributed by atoms with E-state index in [9.17, 15) is 9.59 Å². The van der Waals surface area contributed by atoms with Crippen molar-refractivity contribution in [3.8, 4) is 0 Å². The molecular weight excluding hydrogens is 406 g/mol. The first-order chi connectivity index (χ1) is 14.7. The SMILES string of the molecule is O=C(CSc1nnc(CCc2nc3ccccc3[nH]2)o1)NCCn1ncccc1=O. The number of imidazole rings is 1. The predicted octanol–water partition coefficient (Wildman–Crippen LogP) is 1.20. The highest BCUT2D eigenvalue weighted by molar-refractivity contribution is 7.99. The molecule has 0 aliphatic rings. The molecule has 0 saturated carbocycles. The number of H-pyrrole nitrogens is 1. The second-order valence-corrected chi connectivity index (χ2v) is 7.31. The molecule has 0 saturated heterocycles. The highest BCUT2D eigenvalue weighted by atomic mass is 32.2. The van der Waals surface area contributed by atoms with Crippen molar-refractivity contribution in [1.29, 1.82) is 0 Å². The lowest BCUT2D eigenvalue weighted by Gasteiger charge is -2.05. The van der Waals surface area contributed by atoms with Crippen LogP contribution in [0.25, 0.3) is 11.0 Å². The van der Waals surface area contributed by atoms with Crippen LogP contribution in [0.3, 0.4) is 0 Å². The number of nitrogens with zero attached hydrogens (tertiary/aromatic N) is 5. The fraction of sp³-hybridized carbons (Fsp3) is 0.263. The normalized spacial score (nSPS) is 11.1. The van der Waals surface area contributed by atoms with Crippen LogP contribution in [-0.2, 0) is 24.2 Å². The summed E-state index contributed by atoms with van der Waals surface area (Å²) in [5, 5.41) is 15.0. The van der Waals surface area contributed by atoms with Gasteiger partial charge in [-0.3, -0.25) is 9.59 Å². The molecule has 0 aliphatic heterocycles. The molecule has 0 aliphatic carbocycles. The second kappa shape index (κ2) is 9.35. The van der Waals surface area contributed by atoms with Gasteiger partial charge in [0.1, 0.15) is 5.82 Å². The average Bonchev–Trinajstić information content (AvgIpc) is 3.38. The Hall–Kier alpha value is -3.47. The first-order valence-corrected chi connectivity index (χ1v) is 10.3. The van der Waals surface area contributed by atoms with Crippen molar-refractivity contribution in [2.45, 2.75) is 24.6 Å². The Kier molecular flexibility index (Phi) is 6.18. The minimum Gasteiger partial charge on any atom is -0.416 e. The van der Waals surface area contributed by atoms with Crippen LogP contribution < -0.4 is 10.9 Å². The molecule has 0 unspecified atom stereocenters. The van der Waals surface area contributed by atoms with Gasteiger partial charge >= 0.3 is 0 Å². The number of nitrogens with one attached hydrogen (secondary N) is 2. The van der Waals surface area contributed by atoms with E-state index >= 15 is 0 Å². The molecule has 0 atom stereocenters. The number of carbonyl (C=O) groups excluding carboxylic acids is 1. The first-order valence-electron chi connectivity index (χ1n) is 9.35. The summed E-state index contributed by atoms with van der Waals surface area (Å²) in [4.78, 5) is 31.3. The Morgan fingerprint density at radius 2 is 2.07 bits per heavy atom. The summed E-state index contributed by atoms with van der Waals surface area (Å²) in [5.74, 6) is 1.30. The zero-order valence-corrected chi connectivity index (χ0v) is 16.8. The Morgan fingerprint density at radius 1 is 1.17 bits per heavy atom. The molecule has 30 heavy (non-hydrogen) atoms. The van der Waals surface area contributed by atoms with Gasteiger partial charge in [-0.25, -0.2) is 9.67 Å². The molecule has 3 aromatic heterocycles. The van der Waals surface area contributed by atoms with Crippen LogP contribution in [0, 0.1) is 0 Å². The molecule has 0 spiro atoms. The van der Waals surface area contributed by atoms with E-state index in [1.807, 2.05) is 24.3 Å². The van der Waals surface area contributed by atoms with Crippen molar-refractivity contribution in [3.63, 3.8) is 0 Å². The molecule has 2 N–H and O–H groups in total. The summed E-state index contributed by atoms with van der Waals surface area (Å²) in [5.41, 5.74) is 1.71. The van der Waals surface area contributed by atoms with E-state index in [-0.39, 0.29) is 17.2 Å². The number of benzene rings is 1. The van der Waals surface area contributed by atoms with Crippen molar-refractivity contribution >= 4 is 28.7 Å². The highest BCUT2D eigenvalue weighted by Crippen LogP contribution is 2.17. The summed E-state index contributed by atoms with van der Waals surface area (Å²) >= 11 is 1.16. The topological polar surface area (TPSA) is 132 Å². The second-order valence-electron chi connectivity index (χ2n) is 6.39. The molecule has 3 heterocycles. The van der Waals surface area contributed by atoms with Crippen molar-refractivity contribution in [1.82, 2.24) is 35.3 Å². The van der Waals surface area contributed by atoms with Crippen LogP contribution in [0.1, 0.15) is 11.7 Å². The molecule has 0 fully saturated rings. The van der Waals surface area contributed by atoms with Crippen molar-refractivity contribution in [2.24, 2.45) is 0 Å². The minimum absolute atomic E-state index is 0.141. The van der Waals surface area contributed by atoms with Crippen LogP contribution in [0.15, 0.2) is 57.0 Å². The number of thioether (sulfide) groups is 1. The lowest BCUT2D eigenvalue weighted by Crippen LogP contribution is -2.32. The third-order valence-corrected chi connectivity index (χ3v) is 5.04.